The first-order valence-corrected chi connectivity index (χ1v) is 11.1. The molecule has 4 rings (SSSR count). The Morgan fingerprint density at radius 2 is 1.85 bits per heavy atom. The van der Waals surface area contributed by atoms with Gasteiger partial charge in [0.05, 0.1) is 26.5 Å². The molecule has 2 N–H and O–H groups in total. The van der Waals surface area contributed by atoms with Gasteiger partial charge in [0.1, 0.15) is 22.9 Å². The van der Waals surface area contributed by atoms with Gasteiger partial charge >= 0.3 is 0 Å². The minimum atomic E-state index is -0.589. The summed E-state index contributed by atoms with van der Waals surface area (Å²) in [5, 5.41) is 6.00. The van der Waals surface area contributed by atoms with E-state index in [0.29, 0.717) is 48.8 Å². The molecule has 1 spiro atoms. The number of methoxy groups -OCH3 is 2. The molecule has 2 aromatic rings. The maximum atomic E-state index is 12.7. The summed E-state index contributed by atoms with van der Waals surface area (Å²) in [7, 11) is 3.14. The van der Waals surface area contributed by atoms with E-state index in [9.17, 15) is 9.59 Å². The summed E-state index contributed by atoms with van der Waals surface area (Å²) in [6.45, 7) is 5.65. The molecule has 0 aromatic heterocycles. The molecular weight excluding hydrogens is 420 g/mol. The summed E-state index contributed by atoms with van der Waals surface area (Å²) in [4.78, 5) is 32.2. The van der Waals surface area contributed by atoms with Crippen molar-refractivity contribution in [1.82, 2.24) is 10.2 Å². The molecule has 2 amide bonds. The number of rotatable bonds is 6. The smallest absolute Gasteiger partial charge is 0.272 e. The molecule has 0 unspecified atom stereocenters. The number of aliphatic imine (C=N–C) groups is 1. The number of ether oxygens (including phenoxy) is 2. The first-order valence-electron chi connectivity index (χ1n) is 11.1. The Bertz CT molecular complexity index is 1100. The fourth-order valence-electron chi connectivity index (χ4n) is 4.27. The molecule has 0 atom stereocenters. The van der Waals surface area contributed by atoms with Crippen molar-refractivity contribution >= 4 is 23.2 Å². The quantitative estimate of drug-likeness (QED) is 0.706. The van der Waals surface area contributed by atoms with E-state index in [1.165, 1.54) is 5.56 Å². The lowest BCUT2D eigenvalue weighted by molar-refractivity contribution is -0.119. The molecule has 1 saturated heterocycles. The number of hydrogen-bond donors (Lipinski definition) is 2. The van der Waals surface area contributed by atoms with Gasteiger partial charge in [-0.1, -0.05) is 12.1 Å². The van der Waals surface area contributed by atoms with E-state index in [2.05, 4.69) is 15.5 Å². The first-order chi connectivity index (χ1) is 15.8. The average Bonchev–Trinajstić information content (AvgIpc) is 3.13. The van der Waals surface area contributed by atoms with Crippen LogP contribution in [0.1, 0.15) is 29.5 Å². The molecule has 2 aromatic carbocycles. The van der Waals surface area contributed by atoms with Gasteiger partial charge in [-0.2, -0.15) is 0 Å². The van der Waals surface area contributed by atoms with Gasteiger partial charge in [-0.3, -0.25) is 19.5 Å². The van der Waals surface area contributed by atoms with Gasteiger partial charge in [0, 0.05) is 37.6 Å². The highest BCUT2D eigenvalue weighted by molar-refractivity contribution is 6.46. The van der Waals surface area contributed by atoms with Crippen LogP contribution in [-0.2, 0) is 9.59 Å². The number of likely N-dealkylation sites (tertiary alicyclic amines) is 1. The topological polar surface area (TPSA) is 92.3 Å². The Balaban J connectivity index is 1.38. The van der Waals surface area contributed by atoms with E-state index < -0.39 is 5.66 Å². The lowest BCUT2D eigenvalue weighted by atomic mass is 9.98. The largest absolute Gasteiger partial charge is 0.497 e. The van der Waals surface area contributed by atoms with Crippen molar-refractivity contribution in [2.45, 2.75) is 32.4 Å². The molecule has 8 heteroatoms. The zero-order valence-corrected chi connectivity index (χ0v) is 19.5. The third-order valence-corrected chi connectivity index (χ3v) is 6.40. The van der Waals surface area contributed by atoms with Crippen LogP contribution in [0.4, 0.5) is 5.69 Å². The molecule has 33 heavy (non-hydrogen) atoms. The second kappa shape index (κ2) is 9.23. The highest BCUT2D eigenvalue weighted by atomic mass is 16.5. The average molecular weight is 451 g/mol. The standard InChI is InChI=1S/C25H30N4O4/c1-16-5-6-18(13-17(16)2)23-24(31)28-25(27-23)9-11-29(12-10-25)15-22(30)26-20-14-19(32-3)7-8-21(20)33-4/h5-8,13-14H,9-12,15H2,1-4H3,(H,26,30)(H,28,31). The molecule has 0 saturated carbocycles. The summed E-state index contributed by atoms with van der Waals surface area (Å²) in [5.74, 6) is 0.950. The Kier molecular flexibility index (Phi) is 6.37. The zero-order valence-electron chi connectivity index (χ0n) is 19.5. The van der Waals surface area contributed by atoms with E-state index >= 15 is 0 Å². The van der Waals surface area contributed by atoms with Crippen LogP contribution in [0.2, 0.25) is 0 Å². The number of nitrogens with one attached hydrogen (secondary N) is 2. The third kappa shape index (κ3) is 4.85. The molecule has 2 heterocycles. The monoisotopic (exact) mass is 450 g/mol. The molecule has 174 valence electrons. The summed E-state index contributed by atoms with van der Waals surface area (Å²) < 4.78 is 10.6. The zero-order chi connectivity index (χ0) is 23.6. The molecule has 1 fully saturated rings. The van der Waals surface area contributed by atoms with Crippen molar-refractivity contribution in [3.05, 3.63) is 53.1 Å². The number of piperidine rings is 1. The number of nitrogens with zero attached hydrogens (tertiary/aromatic N) is 2. The van der Waals surface area contributed by atoms with Crippen molar-refractivity contribution < 1.29 is 19.1 Å². The number of hydrogen-bond acceptors (Lipinski definition) is 6. The Labute approximate surface area is 194 Å². The number of benzene rings is 2. The number of amides is 2. The van der Waals surface area contributed by atoms with Crippen molar-refractivity contribution in [1.29, 1.82) is 0 Å². The Hall–Kier alpha value is -3.39. The predicted molar refractivity (Wildman–Crippen MR) is 127 cm³/mol. The summed E-state index contributed by atoms with van der Waals surface area (Å²) >= 11 is 0. The second-order valence-corrected chi connectivity index (χ2v) is 8.64. The SMILES string of the molecule is COc1ccc(OC)c(NC(=O)CN2CCC3(CC2)N=C(c2ccc(C)c(C)c2)C(=O)N3)c1. The molecule has 2 aliphatic heterocycles. The van der Waals surface area contributed by atoms with E-state index in [4.69, 9.17) is 14.5 Å². The second-order valence-electron chi connectivity index (χ2n) is 8.64. The molecule has 8 nitrogen and oxygen atoms in total. The molecule has 2 aliphatic rings. The summed E-state index contributed by atoms with van der Waals surface area (Å²) in [5.41, 5.74) is 3.65. The normalized spacial score (nSPS) is 17.5. The highest BCUT2D eigenvalue weighted by Crippen LogP contribution is 2.30. The molecular formula is C25H30N4O4. The molecule has 0 radical (unpaired) electrons. The third-order valence-electron chi connectivity index (χ3n) is 6.40. The van der Waals surface area contributed by atoms with Crippen molar-refractivity contribution in [2.75, 3.05) is 39.2 Å². The van der Waals surface area contributed by atoms with Crippen molar-refractivity contribution in [2.24, 2.45) is 4.99 Å². The van der Waals surface area contributed by atoms with Crippen LogP contribution in [0, 0.1) is 13.8 Å². The van der Waals surface area contributed by atoms with Gasteiger partial charge in [0.15, 0.2) is 0 Å². The fraction of sp³-hybridized carbons (Fsp3) is 0.400. The molecule has 0 aliphatic carbocycles. The van der Waals surface area contributed by atoms with E-state index in [-0.39, 0.29) is 18.4 Å². The van der Waals surface area contributed by atoms with Gasteiger partial charge in [0.2, 0.25) is 5.91 Å². The van der Waals surface area contributed by atoms with Crippen LogP contribution in [-0.4, -0.2) is 61.9 Å². The number of carbonyl (C=O) groups is 2. The van der Waals surface area contributed by atoms with Gasteiger partial charge in [-0.15, -0.1) is 0 Å². The lowest BCUT2D eigenvalue weighted by Crippen LogP contribution is -2.52. The van der Waals surface area contributed by atoms with Gasteiger partial charge in [-0.25, -0.2) is 0 Å². The summed E-state index contributed by atoms with van der Waals surface area (Å²) in [6, 6.07) is 11.3. The number of anilines is 1. The minimum Gasteiger partial charge on any atom is -0.497 e. The van der Waals surface area contributed by atoms with Crippen LogP contribution in [0.3, 0.4) is 0 Å². The first kappa shape index (κ1) is 22.8. The number of carbonyl (C=O) groups excluding carboxylic acids is 2. The minimum absolute atomic E-state index is 0.130. The fourth-order valence-corrected chi connectivity index (χ4v) is 4.27. The Morgan fingerprint density at radius 3 is 2.52 bits per heavy atom. The van der Waals surface area contributed by atoms with Crippen LogP contribution < -0.4 is 20.1 Å². The number of aryl methyl sites for hydroxylation is 2. The van der Waals surface area contributed by atoms with E-state index in [0.717, 1.165) is 11.1 Å². The highest BCUT2D eigenvalue weighted by Gasteiger charge is 2.42. The van der Waals surface area contributed by atoms with Gasteiger partial charge < -0.3 is 20.1 Å². The van der Waals surface area contributed by atoms with Crippen LogP contribution in [0.25, 0.3) is 0 Å². The molecule has 0 bridgehead atoms. The van der Waals surface area contributed by atoms with E-state index in [1.807, 2.05) is 32.0 Å². The maximum absolute atomic E-state index is 12.7. The van der Waals surface area contributed by atoms with Crippen LogP contribution in [0.15, 0.2) is 41.4 Å². The van der Waals surface area contributed by atoms with E-state index in [1.54, 1.807) is 32.4 Å². The van der Waals surface area contributed by atoms with Gasteiger partial charge in [0.25, 0.3) is 5.91 Å². The maximum Gasteiger partial charge on any atom is 0.272 e. The van der Waals surface area contributed by atoms with Gasteiger partial charge in [-0.05, 0) is 43.2 Å². The van der Waals surface area contributed by atoms with Crippen molar-refractivity contribution in [3.8, 4) is 11.5 Å². The predicted octanol–water partition coefficient (Wildman–Crippen LogP) is 2.67. The van der Waals surface area contributed by atoms with Crippen LogP contribution >= 0.6 is 0 Å². The van der Waals surface area contributed by atoms with Crippen molar-refractivity contribution in [3.63, 3.8) is 0 Å². The lowest BCUT2D eigenvalue weighted by Gasteiger charge is -2.36. The Morgan fingerprint density at radius 1 is 1.09 bits per heavy atom. The van der Waals surface area contributed by atoms with Crippen LogP contribution in [0.5, 0.6) is 11.5 Å². The summed E-state index contributed by atoms with van der Waals surface area (Å²) in [6.07, 6.45) is 1.31.